The molecule has 0 aliphatic heterocycles. The lowest BCUT2D eigenvalue weighted by molar-refractivity contribution is -0.274. The van der Waals surface area contributed by atoms with Crippen molar-refractivity contribution in [2.24, 2.45) is 33.5 Å². The Labute approximate surface area is 309 Å². The smallest absolute Gasteiger partial charge is 0.497 e. The maximum absolute atomic E-state index is 14.8. The molecule has 2 bridgehead atoms. The van der Waals surface area contributed by atoms with Crippen LogP contribution in [0.15, 0.2) is 72.3 Å². The molecule has 8 nitrogen and oxygen atoms in total. The van der Waals surface area contributed by atoms with Crippen molar-refractivity contribution in [3.05, 3.63) is 83.5 Å². The number of ketones is 1. The van der Waals surface area contributed by atoms with Crippen LogP contribution < -0.4 is 14.8 Å². The highest BCUT2D eigenvalue weighted by Crippen LogP contribution is 2.78. The van der Waals surface area contributed by atoms with Crippen molar-refractivity contribution < 1.29 is 42.4 Å². The number of amides is 2. The highest BCUT2D eigenvalue weighted by Gasteiger charge is 2.74. The molecule has 0 heterocycles. The summed E-state index contributed by atoms with van der Waals surface area (Å²) in [5.41, 5.74) is -1.49. The number of fused-ring (bicyclic) bond motifs is 1. The molecular weight excluding hydrogens is 685 g/mol. The lowest BCUT2D eigenvalue weighted by Gasteiger charge is -2.71. The summed E-state index contributed by atoms with van der Waals surface area (Å²) < 4.78 is 47.9. The molecule has 6 aliphatic rings. The minimum absolute atomic E-state index is 0.00267. The molecule has 2 aromatic rings. The number of nitrogens with zero attached hydrogens (tertiary/aromatic N) is 1. The highest BCUT2D eigenvalue weighted by molar-refractivity contribution is 6.10. The minimum atomic E-state index is -4.82. The van der Waals surface area contributed by atoms with Crippen LogP contribution in [0, 0.1) is 33.5 Å². The van der Waals surface area contributed by atoms with Crippen molar-refractivity contribution in [2.45, 2.75) is 103 Å². The number of carbonyl (C=O) groups is 2. The van der Waals surface area contributed by atoms with Gasteiger partial charge in [-0.15, -0.1) is 13.2 Å². The zero-order chi connectivity index (χ0) is 38.2. The van der Waals surface area contributed by atoms with E-state index in [2.05, 4.69) is 42.1 Å². The molecule has 53 heavy (non-hydrogen) atoms. The number of alkyl halides is 3. The second-order valence-corrected chi connectivity index (χ2v) is 17.0. The second kappa shape index (κ2) is 12.9. The van der Waals surface area contributed by atoms with Gasteiger partial charge in [0.25, 0.3) is 0 Å². The number of methoxy groups -OCH3 is 1. The molecule has 8 rings (SSSR count). The van der Waals surface area contributed by atoms with Crippen molar-refractivity contribution in [1.82, 2.24) is 10.2 Å². The first-order valence-corrected chi connectivity index (χ1v) is 18.8. The number of nitrogens with one attached hydrogen (secondary N) is 1. The van der Waals surface area contributed by atoms with Gasteiger partial charge in [-0.3, -0.25) is 4.79 Å². The number of carbonyl (C=O) groups excluding carboxylic acids is 2. The van der Waals surface area contributed by atoms with Gasteiger partial charge >= 0.3 is 12.4 Å². The van der Waals surface area contributed by atoms with Crippen molar-refractivity contribution in [1.29, 1.82) is 0 Å². The van der Waals surface area contributed by atoms with E-state index in [4.69, 9.17) is 4.74 Å². The summed E-state index contributed by atoms with van der Waals surface area (Å²) in [6.45, 7) is 8.20. The van der Waals surface area contributed by atoms with Crippen molar-refractivity contribution in [2.75, 3.05) is 13.7 Å². The molecule has 0 radical (unpaired) electrons. The van der Waals surface area contributed by atoms with E-state index in [-0.39, 0.29) is 53.9 Å². The summed E-state index contributed by atoms with van der Waals surface area (Å²) in [7, 11) is 1.59. The van der Waals surface area contributed by atoms with Crippen LogP contribution in [0.4, 0.5) is 18.0 Å². The number of aliphatic hydroxyl groups excluding tert-OH is 1. The molecule has 0 saturated heterocycles. The fraction of sp³-hybridized carbons (Fsp3) is 0.571. The Morgan fingerprint density at radius 1 is 0.925 bits per heavy atom. The van der Waals surface area contributed by atoms with E-state index in [1.807, 2.05) is 13.8 Å². The van der Waals surface area contributed by atoms with E-state index in [0.29, 0.717) is 49.0 Å². The third-order valence-corrected chi connectivity index (χ3v) is 14.0. The maximum atomic E-state index is 14.8. The predicted molar refractivity (Wildman–Crippen MR) is 193 cm³/mol. The largest absolute Gasteiger partial charge is 0.573 e. The number of rotatable bonds is 9. The van der Waals surface area contributed by atoms with Crippen LogP contribution >= 0.6 is 0 Å². The Morgan fingerprint density at radius 2 is 1.55 bits per heavy atom. The number of ether oxygens (including phenoxy) is 2. The van der Waals surface area contributed by atoms with E-state index < -0.39 is 34.3 Å². The van der Waals surface area contributed by atoms with Gasteiger partial charge < -0.3 is 29.9 Å². The van der Waals surface area contributed by atoms with Crippen LogP contribution in [0.3, 0.4) is 0 Å². The number of allylic oxidation sites excluding steroid dienone is 4. The summed E-state index contributed by atoms with van der Waals surface area (Å²) >= 11 is 0. The first-order chi connectivity index (χ1) is 24.9. The van der Waals surface area contributed by atoms with Crippen molar-refractivity contribution in [3.8, 4) is 11.5 Å². The average Bonchev–Trinajstić information content (AvgIpc) is 3.37. The second-order valence-electron chi connectivity index (χ2n) is 17.0. The Balaban J connectivity index is 1.26. The maximum Gasteiger partial charge on any atom is 0.573 e. The quantitative estimate of drug-likeness (QED) is 0.178. The molecule has 8 unspecified atom stereocenters. The normalized spacial score (nSPS) is 35.5. The molecule has 3 fully saturated rings. The van der Waals surface area contributed by atoms with Gasteiger partial charge in [0.1, 0.15) is 11.5 Å². The Bertz CT molecular complexity index is 1810. The molecule has 0 aromatic heterocycles. The number of aliphatic hydroxyl groups is 2. The molecule has 2 amide bonds. The first kappa shape index (κ1) is 37.5. The van der Waals surface area contributed by atoms with Crippen LogP contribution in [-0.2, 0) is 6.54 Å². The topological polar surface area (TPSA) is 108 Å². The van der Waals surface area contributed by atoms with E-state index in [9.17, 15) is 33.0 Å². The third kappa shape index (κ3) is 5.97. The van der Waals surface area contributed by atoms with Crippen LogP contribution in [0.25, 0.3) is 0 Å². The number of hydrogen-bond donors (Lipinski definition) is 3. The van der Waals surface area contributed by atoms with Gasteiger partial charge in [-0.05, 0) is 118 Å². The van der Waals surface area contributed by atoms with Crippen LogP contribution in [0.5, 0.6) is 11.5 Å². The molecular formula is C42H51F3N2O6. The van der Waals surface area contributed by atoms with Gasteiger partial charge in [0.15, 0.2) is 5.78 Å². The van der Waals surface area contributed by atoms with Gasteiger partial charge in [0, 0.05) is 40.0 Å². The Hall–Kier alpha value is -3.83. The van der Waals surface area contributed by atoms with E-state index >= 15 is 0 Å². The molecule has 11 heteroatoms. The van der Waals surface area contributed by atoms with Gasteiger partial charge in [-0.2, -0.15) is 0 Å². The predicted octanol–water partition coefficient (Wildman–Crippen LogP) is 7.99. The van der Waals surface area contributed by atoms with Crippen LogP contribution in [0.2, 0.25) is 0 Å². The van der Waals surface area contributed by atoms with E-state index in [1.54, 1.807) is 36.3 Å². The molecule has 2 aromatic carbocycles. The highest BCUT2D eigenvalue weighted by atomic mass is 19.4. The van der Waals surface area contributed by atoms with Crippen molar-refractivity contribution >= 4 is 11.8 Å². The first-order valence-electron chi connectivity index (χ1n) is 18.8. The molecule has 6 aliphatic carbocycles. The fourth-order valence-corrected chi connectivity index (χ4v) is 11.4. The number of Topliss-reactive ketones (excluding diaryl/α,β-unsaturated/α-hetero) is 1. The lowest BCUT2D eigenvalue weighted by atomic mass is 9.32. The lowest BCUT2D eigenvalue weighted by Crippen LogP contribution is -2.67. The number of urea groups is 1. The average molecular weight is 737 g/mol. The van der Waals surface area contributed by atoms with Gasteiger partial charge in [0.2, 0.25) is 0 Å². The third-order valence-electron chi connectivity index (χ3n) is 14.0. The van der Waals surface area contributed by atoms with E-state index in [1.165, 1.54) is 24.3 Å². The monoisotopic (exact) mass is 736 g/mol. The van der Waals surface area contributed by atoms with Gasteiger partial charge in [0.05, 0.1) is 25.4 Å². The summed E-state index contributed by atoms with van der Waals surface area (Å²) in [5, 5.41) is 26.9. The Kier molecular flexibility index (Phi) is 9.12. The van der Waals surface area contributed by atoms with Crippen molar-refractivity contribution in [3.63, 3.8) is 0 Å². The number of halogens is 3. The molecule has 2 spiro atoms. The van der Waals surface area contributed by atoms with Gasteiger partial charge in [-0.1, -0.05) is 44.2 Å². The molecule has 3 N–H and O–H groups in total. The zero-order valence-electron chi connectivity index (χ0n) is 31.1. The fourth-order valence-electron chi connectivity index (χ4n) is 11.4. The van der Waals surface area contributed by atoms with Crippen LogP contribution in [0.1, 0.15) is 88.6 Å². The SMILES string of the molecule is COc1ccc(C(=O)C2=CC34C=CC25C(CCC2(C)C5CCC2(O)CN(Cc2ccc(OC(F)(F)F)cc2)C(=O)NC(C)C)C3(C)CCC(O)C4)cc1. The number of hydrogen-bond acceptors (Lipinski definition) is 6. The summed E-state index contributed by atoms with van der Waals surface area (Å²) in [6.07, 6.45) is 5.99. The van der Waals surface area contributed by atoms with Gasteiger partial charge in [-0.25, -0.2) is 4.79 Å². The molecule has 286 valence electrons. The number of benzene rings is 2. The molecule has 8 atom stereocenters. The summed E-state index contributed by atoms with van der Waals surface area (Å²) in [5.74, 6) is 0.221. The summed E-state index contributed by atoms with van der Waals surface area (Å²) in [6, 6.07) is 12.0. The van der Waals surface area contributed by atoms with E-state index in [0.717, 1.165) is 18.4 Å². The summed E-state index contributed by atoms with van der Waals surface area (Å²) in [4.78, 5) is 30.1. The molecule has 3 saturated carbocycles. The zero-order valence-corrected chi connectivity index (χ0v) is 31.1. The minimum Gasteiger partial charge on any atom is -0.497 e. The Morgan fingerprint density at radius 3 is 2.19 bits per heavy atom. The standard InChI is InChI=1S/C42H51F3N2O6/c1-26(2)46-36(50)47(24-27-6-10-31(11-7-27)53-42(43,44)45)25-40(51)19-16-34-38(40,4)18-15-33-37(3)17-14-29(48)22-39(37)20-21-41(33,34)32(23-39)35(49)28-8-12-30(52-5)13-9-28/h6-13,20-21,23,26,29,33-34,48,51H,14-19,22,24-25H2,1-5H3,(H,46,50). The van der Waals surface area contributed by atoms with Crippen LogP contribution in [-0.4, -0.2) is 64.7 Å².